The lowest BCUT2D eigenvalue weighted by Crippen LogP contribution is -2.35. The number of nitrogens with zero attached hydrogens (tertiary/aromatic N) is 1. The second-order valence-electron chi connectivity index (χ2n) is 6.50. The molecular weight excluding hydrogens is 336 g/mol. The average Bonchev–Trinajstić information content (AvgIpc) is 2.61. The van der Waals surface area contributed by atoms with Crippen LogP contribution in [0.5, 0.6) is 5.75 Å². The Morgan fingerprint density at radius 1 is 1.12 bits per heavy atom. The van der Waals surface area contributed by atoms with Gasteiger partial charge in [0, 0.05) is 23.8 Å². The van der Waals surface area contributed by atoms with Gasteiger partial charge in [-0.1, -0.05) is 23.7 Å². The molecular formula is C20H23ClN2O2. The molecule has 0 aromatic heterocycles. The lowest BCUT2D eigenvalue weighted by atomic mass is 10.1. The van der Waals surface area contributed by atoms with E-state index in [4.69, 9.17) is 16.3 Å². The van der Waals surface area contributed by atoms with E-state index in [0.29, 0.717) is 11.4 Å². The SMILES string of the molecule is CN1CCC(Oc2ccc(NC(=O)Cc3ccc(Cl)cc3)cc2)CC1. The van der Waals surface area contributed by atoms with Crippen molar-refractivity contribution in [2.24, 2.45) is 0 Å². The molecule has 0 radical (unpaired) electrons. The molecule has 1 aliphatic heterocycles. The number of hydrogen-bond donors (Lipinski definition) is 1. The van der Waals surface area contributed by atoms with Crippen LogP contribution in [0.25, 0.3) is 0 Å². The van der Waals surface area contributed by atoms with Crippen LogP contribution in [0.4, 0.5) is 5.69 Å². The molecule has 2 aromatic carbocycles. The zero-order valence-corrected chi connectivity index (χ0v) is 15.1. The number of ether oxygens (including phenoxy) is 1. The fourth-order valence-corrected chi connectivity index (χ4v) is 3.03. The Morgan fingerprint density at radius 2 is 1.76 bits per heavy atom. The first kappa shape index (κ1) is 17.8. The predicted molar refractivity (Wildman–Crippen MR) is 101 cm³/mol. The molecule has 1 heterocycles. The molecule has 132 valence electrons. The summed E-state index contributed by atoms with van der Waals surface area (Å²) in [6.07, 6.45) is 2.71. The van der Waals surface area contributed by atoms with E-state index in [0.717, 1.165) is 42.9 Å². The number of carbonyl (C=O) groups excluding carboxylic acids is 1. The van der Waals surface area contributed by atoms with Crippen LogP contribution >= 0.6 is 11.6 Å². The molecule has 0 atom stereocenters. The van der Waals surface area contributed by atoms with Gasteiger partial charge in [0.05, 0.1) is 6.42 Å². The third kappa shape index (κ3) is 5.48. The van der Waals surface area contributed by atoms with Crippen molar-refractivity contribution in [1.29, 1.82) is 0 Å². The summed E-state index contributed by atoms with van der Waals surface area (Å²) in [6.45, 7) is 2.15. The van der Waals surface area contributed by atoms with Gasteiger partial charge in [-0.15, -0.1) is 0 Å². The molecule has 1 fully saturated rings. The highest BCUT2D eigenvalue weighted by Crippen LogP contribution is 2.21. The number of anilines is 1. The van der Waals surface area contributed by atoms with Gasteiger partial charge in [-0.05, 0) is 61.9 Å². The molecule has 5 heteroatoms. The van der Waals surface area contributed by atoms with Crippen molar-refractivity contribution >= 4 is 23.2 Å². The second-order valence-corrected chi connectivity index (χ2v) is 6.93. The van der Waals surface area contributed by atoms with Crippen LogP contribution in [-0.2, 0) is 11.2 Å². The van der Waals surface area contributed by atoms with E-state index in [1.165, 1.54) is 0 Å². The Morgan fingerprint density at radius 3 is 2.40 bits per heavy atom. The molecule has 0 spiro atoms. The third-order valence-electron chi connectivity index (χ3n) is 4.38. The van der Waals surface area contributed by atoms with Crippen LogP contribution < -0.4 is 10.1 Å². The van der Waals surface area contributed by atoms with Gasteiger partial charge in [-0.3, -0.25) is 4.79 Å². The number of hydrogen-bond acceptors (Lipinski definition) is 3. The van der Waals surface area contributed by atoms with Crippen molar-refractivity contribution in [3.8, 4) is 5.75 Å². The van der Waals surface area contributed by atoms with Crippen LogP contribution in [0.1, 0.15) is 18.4 Å². The summed E-state index contributed by atoms with van der Waals surface area (Å²) in [7, 11) is 2.14. The van der Waals surface area contributed by atoms with Crippen molar-refractivity contribution in [2.45, 2.75) is 25.4 Å². The van der Waals surface area contributed by atoms with Crippen LogP contribution in [0, 0.1) is 0 Å². The molecule has 0 unspecified atom stereocenters. The van der Waals surface area contributed by atoms with Gasteiger partial charge in [0.1, 0.15) is 11.9 Å². The summed E-state index contributed by atoms with van der Waals surface area (Å²) in [5, 5.41) is 3.58. The third-order valence-corrected chi connectivity index (χ3v) is 4.64. The summed E-state index contributed by atoms with van der Waals surface area (Å²) in [5.74, 6) is 0.802. The van der Waals surface area contributed by atoms with Crippen LogP contribution in [0.2, 0.25) is 5.02 Å². The summed E-state index contributed by atoms with van der Waals surface area (Å²) < 4.78 is 6.02. The smallest absolute Gasteiger partial charge is 0.228 e. The van der Waals surface area contributed by atoms with Crippen LogP contribution in [0.3, 0.4) is 0 Å². The predicted octanol–water partition coefficient (Wildman–Crippen LogP) is 3.99. The topological polar surface area (TPSA) is 41.6 Å². The van der Waals surface area contributed by atoms with E-state index >= 15 is 0 Å². The Balaban J connectivity index is 1.50. The molecule has 1 aliphatic rings. The van der Waals surface area contributed by atoms with Crippen LogP contribution in [-0.4, -0.2) is 37.0 Å². The fraction of sp³-hybridized carbons (Fsp3) is 0.350. The molecule has 1 saturated heterocycles. The molecule has 1 N–H and O–H groups in total. The van der Waals surface area contributed by atoms with Crippen molar-refractivity contribution < 1.29 is 9.53 Å². The average molecular weight is 359 g/mol. The summed E-state index contributed by atoms with van der Waals surface area (Å²) in [6, 6.07) is 14.9. The summed E-state index contributed by atoms with van der Waals surface area (Å²) in [5.41, 5.74) is 1.71. The number of carbonyl (C=O) groups is 1. The Kier molecular flexibility index (Phi) is 5.95. The van der Waals surface area contributed by atoms with E-state index in [1.807, 2.05) is 36.4 Å². The minimum atomic E-state index is -0.0497. The van der Waals surface area contributed by atoms with Crippen molar-refractivity contribution in [3.05, 3.63) is 59.1 Å². The van der Waals surface area contributed by atoms with Gasteiger partial charge >= 0.3 is 0 Å². The molecule has 0 aliphatic carbocycles. The number of nitrogens with one attached hydrogen (secondary N) is 1. The summed E-state index contributed by atoms with van der Waals surface area (Å²) >= 11 is 5.85. The minimum absolute atomic E-state index is 0.0497. The number of halogens is 1. The molecule has 25 heavy (non-hydrogen) atoms. The standard InChI is InChI=1S/C20H23ClN2O2/c1-23-12-10-19(11-13-23)25-18-8-6-17(7-9-18)22-20(24)14-15-2-4-16(21)5-3-15/h2-9,19H,10-14H2,1H3,(H,22,24). The number of amides is 1. The largest absolute Gasteiger partial charge is 0.490 e. The normalized spacial score (nSPS) is 15.8. The number of rotatable bonds is 5. The lowest BCUT2D eigenvalue weighted by Gasteiger charge is -2.29. The maximum Gasteiger partial charge on any atom is 0.228 e. The Bertz CT molecular complexity index is 693. The number of piperidine rings is 1. The van der Waals surface area contributed by atoms with Crippen molar-refractivity contribution in [1.82, 2.24) is 4.90 Å². The van der Waals surface area contributed by atoms with Gasteiger partial charge in [-0.25, -0.2) is 0 Å². The molecule has 1 amide bonds. The van der Waals surface area contributed by atoms with Gasteiger partial charge in [0.2, 0.25) is 5.91 Å². The lowest BCUT2D eigenvalue weighted by molar-refractivity contribution is -0.115. The summed E-state index contributed by atoms with van der Waals surface area (Å²) in [4.78, 5) is 14.4. The maximum atomic E-state index is 12.1. The monoisotopic (exact) mass is 358 g/mol. The van der Waals surface area contributed by atoms with Crippen molar-refractivity contribution in [3.63, 3.8) is 0 Å². The number of likely N-dealkylation sites (tertiary alicyclic amines) is 1. The van der Waals surface area contributed by atoms with E-state index < -0.39 is 0 Å². The van der Waals surface area contributed by atoms with Gasteiger partial charge in [-0.2, -0.15) is 0 Å². The van der Waals surface area contributed by atoms with Crippen LogP contribution in [0.15, 0.2) is 48.5 Å². The first-order valence-corrected chi connectivity index (χ1v) is 8.96. The Labute approximate surface area is 153 Å². The van der Waals surface area contributed by atoms with E-state index in [2.05, 4.69) is 17.3 Å². The van der Waals surface area contributed by atoms with Gasteiger partial charge in [0.25, 0.3) is 0 Å². The Hall–Kier alpha value is -2.04. The fourth-order valence-electron chi connectivity index (χ4n) is 2.90. The maximum absolute atomic E-state index is 12.1. The zero-order chi connectivity index (χ0) is 17.6. The van der Waals surface area contributed by atoms with Crippen molar-refractivity contribution in [2.75, 3.05) is 25.5 Å². The van der Waals surface area contributed by atoms with Gasteiger partial charge < -0.3 is 15.0 Å². The van der Waals surface area contributed by atoms with E-state index in [9.17, 15) is 4.79 Å². The highest BCUT2D eigenvalue weighted by molar-refractivity contribution is 6.30. The molecule has 3 rings (SSSR count). The molecule has 0 bridgehead atoms. The van der Waals surface area contributed by atoms with E-state index in [-0.39, 0.29) is 12.0 Å². The quantitative estimate of drug-likeness (QED) is 0.878. The molecule has 0 saturated carbocycles. The first-order valence-electron chi connectivity index (χ1n) is 8.58. The highest BCUT2D eigenvalue weighted by atomic mass is 35.5. The minimum Gasteiger partial charge on any atom is -0.490 e. The zero-order valence-electron chi connectivity index (χ0n) is 14.4. The molecule has 4 nitrogen and oxygen atoms in total. The number of benzene rings is 2. The highest BCUT2D eigenvalue weighted by Gasteiger charge is 2.17. The second kappa shape index (κ2) is 8.37. The first-order chi connectivity index (χ1) is 12.1. The van der Waals surface area contributed by atoms with Gasteiger partial charge in [0.15, 0.2) is 0 Å². The van der Waals surface area contributed by atoms with E-state index in [1.54, 1.807) is 12.1 Å². The molecule has 2 aromatic rings.